The van der Waals surface area contributed by atoms with Gasteiger partial charge in [-0.2, -0.15) is 0 Å². The lowest BCUT2D eigenvalue weighted by Gasteiger charge is -2.19. The number of Topliss-reactive ketones (excluding diaryl/α,β-unsaturated/α-hetero) is 1. The zero-order valence-corrected chi connectivity index (χ0v) is 17.6. The van der Waals surface area contributed by atoms with Crippen molar-refractivity contribution >= 4 is 41.1 Å². The number of benzene rings is 3. The van der Waals surface area contributed by atoms with Gasteiger partial charge in [-0.25, -0.2) is 0 Å². The highest BCUT2D eigenvalue weighted by molar-refractivity contribution is 6.09. The second-order valence-corrected chi connectivity index (χ2v) is 7.58. The number of rotatable bonds is 5. The van der Waals surface area contributed by atoms with E-state index in [0.717, 1.165) is 22.4 Å². The molecule has 5 nitrogen and oxygen atoms in total. The quantitative estimate of drug-likeness (QED) is 0.443. The van der Waals surface area contributed by atoms with Gasteiger partial charge in [-0.3, -0.25) is 14.4 Å². The summed E-state index contributed by atoms with van der Waals surface area (Å²) in [4.78, 5) is 35.8. The fourth-order valence-electron chi connectivity index (χ4n) is 3.45. The first-order chi connectivity index (χ1) is 15.5. The monoisotopic (exact) mass is 422 g/mol. The van der Waals surface area contributed by atoms with Crippen LogP contribution in [0.15, 0.2) is 84.4 Å². The molecule has 32 heavy (non-hydrogen) atoms. The van der Waals surface area contributed by atoms with Crippen LogP contribution in [0.25, 0.3) is 12.2 Å². The van der Waals surface area contributed by atoms with Crippen molar-refractivity contribution in [2.24, 2.45) is 0 Å². The lowest BCUT2D eigenvalue weighted by atomic mass is 9.96. The molecule has 0 saturated carbocycles. The third-order valence-electron chi connectivity index (χ3n) is 5.20. The Morgan fingerprint density at radius 3 is 2.31 bits per heavy atom. The standard InChI is InChI=1S/C27H22N2O3/c1-18(30)21-11-13-24(14-12-21)28-26(31)15-10-19-6-8-20(9-7-19)16-23-17-22-4-2-3-5-25(22)29-27(23)32/h2-16H,17H2,1H3,(H,28,31)(H,29,32)/b15-10+,23-16+. The molecule has 1 aliphatic rings. The molecular formula is C27H22N2O3. The first-order valence-corrected chi connectivity index (χ1v) is 10.3. The molecule has 158 valence electrons. The van der Waals surface area contributed by atoms with Gasteiger partial charge in [0.15, 0.2) is 5.78 Å². The van der Waals surface area contributed by atoms with Crippen LogP contribution in [0.3, 0.4) is 0 Å². The Morgan fingerprint density at radius 1 is 0.906 bits per heavy atom. The van der Waals surface area contributed by atoms with Crippen molar-refractivity contribution < 1.29 is 14.4 Å². The van der Waals surface area contributed by atoms with Gasteiger partial charge in [0, 0.05) is 35.0 Å². The molecule has 4 rings (SSSR count). The van der Waals surface area contributed by atoms with E-state index in [1.54, 1.807) is 30.3 Å². The number of carbonyl (C=O) groups is 3. The highest BCUT2D eigenvalue weighted by Gasteiger charge is 2.19. The molecule has 0 unspecified atom stereocenters. The van der Waals surface area contributed by atoms with Gasteiger partial charge in [0.1, 0.15) is 0 Å². The number of ketones is 1. The number of anilines is 2. The predicted octanol–water partition coefficient (Wildman–Crippen LogP) is 5.12. The number of amides is 2. The Hall–Kier alpha value is -4.25. The van der Waals surface area contributed by atoms with Crippen molar-refractivity contribution in [3.63, 3.8) is 0 Å². The Labute approximate surface area is 186 Å². The first-order valence-electron chi connectivity index (χ1n) is 10.3. The van der Waals surface area contributed by atoms with Crippen molar-refractivity contribution in [3.05, 3.63) is 107 Å². The highest BCUT2D eigenvalue weighted by atomic mass is 16.2. The molecule has 0 bridgehead atoms. The van der Waals surface area contributed by atoms with Crippen LogP contribution >= 0.6 is 0 Å². The summed E-state index contributed by atoms with van der Waals surface area (Å²) in [5, 5.41) is 5.69. The van der Waals surface area contributed by atoms with E-state index in [2.05, 4.69) is 10.6 Å². The predicted molar refractivity (Wildman–Crippen MR) is 127 cm³/mol. The van der Waals surface area contributed by atoms with Crippen LogP contribution in [0.5, 0.6) is 0 Å². The van der Waals surface area contributed by atoms with Crippen LogP contribution < -0.4 is 10.6 Å². The van der Waals surface area contributed by atoms with Gasteiger partial charge < -0.3 is 10.6 Å². The van der Waals surface area contributed by atoms with E-state index in [-0.39, 0.29) is 17.6 Å². The fourth-order valence-corrected chi connectivity index (χ4v) is 3.45. The van der Waals surface area contributed by atoms with Gasteiger partial charge in [-0.05, 0) is 66.1 Å². The van der Waals surface area contributed by atoms with Crippen LogP contribution in [0, 0.1) is 0 Å². The molecule has 1 heterocycles. The van der Waals surface area contributed by atoms with E-state index in [9.17, 15) is 14.4 Å². The van der Waals surface area contributed by atoms with E-state index in [1.807, 2.05) is 54.6 Å². The number of carbonyl (C=O) groups excluding carboxylic acids is 3. The van der Waals surface area contributed by atoms with Gasteiger partial charge in [-0.15, -0.1) is 0 Å². The third-order valence-corrected chi connectivity index (χ3v) is 5.20. The largest absolute Gasteiger partial charge is 0.323 e. The minimum absolute atomic E-state index is 0.0178. The average Bonchev–Trinajstić information content (AvgIpc) is 2.79. The van der Waals surface area contributed by atoms with Crippen molar-refractivity contribution in [3.8, 4) is 0 Å². The number of nitrogens with one attached hydrogen (secondary N) is 2. The molecule has 3 aromatic carbocycles. The maximum Gasteiger partial charge on any atom is 0.251 e. The number of hydrogen-bond donors (Lipinski definition) is 2. The van der Waals surface area contributed by atoms with Crippen molar-refractivity contribution in [1.82, 2.24) is 0 Å². The Kier molecular flexibility index (Phi) is 6.08. The van der Waals surface area contributed by atoms with Gasteiger partial charge in [0.25, 0.3) is 5.91 Å². The maximum absolute atomic E-state index is 12.4. The first kappa shape index (κ1) is 21.0. The van der Waals surface area contributed by atoms with Crippen LogP contribution in [-0.2, 0) is 16.0 Å². The highest BCUT2D eigenvalue weighted by Crippen LogP contribution is 2.26. The summed E-state index contributed by atoms with van der Waals surface area (Å²) in [6.45, 7) is 1.50. The van der Waals surface area contributed by atoms with Gasteiger partial charge >= 0.3 is 0 Å². The fraction of sp³-hybridized carbons (Fsp3) is 0.0741. The van der Waals surface area contributed by atoms with Crippen molar-refractivity contribution in [2.75, 3.05) is 10.6 Å². The van der Waals surface area contributed by atoms with Crippen LogP contribution in [0.2, 0.25) is 0 Å². The Morgan fingerprint density at radius 2 is 1.59 bits per heavy atom. The summed E-state index contributed by atoms with van der Waals surface area (Å²) in [6.07, 6.45) is 5.66. The molecule has 5 heteroatoms. The molecule has 0 aromatic heterocycles. The number of fused-ring (bicyclic) bond motifs is 1. The van der Waals surface area contributed by atoms with Gasteiger partial charge in [0.05, 0.1) is 0 Å². The smallest absolute Gasteiger partial charge is 0.251 e. The zero-order valence-electron chi connectivity index (χ0n) is 17.6. The summed E-state index contributed by atoms with van der Waals surface area (Å²) < 4.78 is 0. The number of para-hydroxylation sites is 1. The van der Waals surface area contributed by atoms with Gasteiger partial charge in [-0.1, -0.05) is 42.5 Å². The topological polar surface area (TPSA) is 75.3 Å². The van der Waals surface area contributed by atoms with E-state index in [4.69, 9.17) is 0 Å². The minimum atomic E-state index is -0.260. The second-order valence-electron chi connectivity index (χ2n) is 7.58. The lowest BCUT2D eigenvalue weighted by Crippen LogP contribution is -2.21. The van der Waals surface area contributed by atoms with Gasteiger partial charge in [0.2, 0.25) is 5.91 Å². The summed E-state index contributed by atoms with van der Waals surface area (Å²) in [6, 6.07) is 22.2. The molecule has 0 atom stereocenters. The van der Waals surface area contributed by atoms with E-state index in [0.29, 0.717) is 23.2 Å². The maximum atomic E-state index is 12.4. The molecule has 1 aliphatic heterocycles. The van der Waals surface area contributed by atoms with Crippen LogP contribution in [0.4, 0.5) is 11.4 Å². The van der Waals surface area contributed by atoms with Crippen LogP contribution in [-0.4, -0.2) is 17.6 Å². The minimum Gasteiger partial charge on any atom is -0.323 e. The normalized spacial score (nSPS) is 14.2. The second kappa shape index (κ2) is 9.27. The Balaban J connectivity index is 1.39. The van der Waals surface area contributed by atoms with Crippen LogP contribution in [0.1, 0.15) is 34.0 Å². The summed E-state index contributed by atoms with van der Waals surface area (Å²) in [5.74, 6) is -0.360. The van der Waals surface area contributed by atoms with E-state index in [1.165, 1.54) is 13.0 Å². The van der Waals surface area contributed by atoms with Crippen molar-refractivity contribution in [1.29, 1.82) is 0 Å². The Bertz CT molecular complexity index is 1240. The van der Waals surface area contributed by atoms with Crippen molar-refractivity contribution in [2.45, 2.75) is 13.3 Å². The molecule has 0 radical (unpaired) electrons. The molecule has 2 amide bonds. The van der Waals surface area contributed by atoms with E-state index < -0.39 is 0 Å². The molecule has 0 fully saturated rings. The molecule has 2 N–H and O–H groups in total. The third kappa shape index (κ3) is 5.08. The lowest BCUT2D eigenvalue weighted by molar-refractivity contribution is -0.113. The SMILES string of the molecule is CC(=O)c1ccc(NC(=O)/C=C/c2ccc(/C=C3\Cc4ccccc4NC3=O)cc2)cc1. The summed E-state index contributed by atoms with van der Waals surface area (Å²) in [7, 11) is 0. The molecular weight excluding hydrogens is 400 g/mol. The molecule has 3 aromatic rings. The zero-order chi connectivity index (χ0) is 22.5. The summed E-state index contributed by atoms with van der Waals surface area (Å²) in [5.41, 5.74) is 5.68. The molecule has 0 aliphatic carbocycles. The molecule has 0 spiro atoms. The summed E-state index contributed by atoms with van der Waals surface area (Å²) >= 11 is 0. The number of hydrogen-bond acceptors (Lipinski definition) is 3. The average molecular weight is 422 g/mol. The van der Waals surface area contributed by atoms with E-state index >= 15 is 0 Å². The molecule has 0 saturated heterocycles.